The zero-order valence-corrected chi connectivity index (χ0v) is 13.7. The Balaban J connectivity index is 0.00000176. The average Bonchev–Trinajstić information content (AvgIpc) is 3.16. The van der Waals surface area contributed by atoms with Crippen LogP contribution in [-0.4, -0.2) is 36.2 Å². The summed E-state index contributed by atoms with van der Waals surface area (Å²) < 4.78 is 10.8. The zero-order chi connectivity index (χ0) is 14.7. The predicted molar refractivity (Wildman–Crippen MR) is 86.1 cm³/mol. The number of carbonyl (C=O) groups excluding carboxylic acids is 1. The third-order valence-corrected chi connectivity index (χ3v) is 4.23. The molecular weight excluding hydrogens is 326 g/mol. The van der Waals surface area contributed by atoms with E-state index in [1.54, 1.807) is 6.26 Å². The Labute approximate surface area is 138 Å². The van der Waals surface area contributed by atoms with Crippen molar-refractivity contribution in [1.82, 2.24) is 15.6 Å². The number of carbonyl (C=O) groups is 1. The number of aromatic nitrogens is 1. The van der Waals surface area contributed by atoms with Gasteiger partial charge in [-0.3, -0.25) is 4.79 Å². The fraction of sp³-hybridized carbons (Fsp3) is 0.429. The van der Waals surface area contributed by atoms with E-state index in [4.69, 9.17) is 9.15 Å². The van der Waals surface area contributed by atoms with Crippen LogP contribution in [0.15, 0.2) is 28.2 Å². The summed E-state index contributed by atoms with van der Waals surface area (Å²) in [7, 11) is 0. The first-order chi connectivity index (χ1) is 10.2. The summed E-state index contributed by atoms with van der Waals surface area (Å²) in [4.78, 5) is 16.6. The van der Waals surface area contributed by atoms with E-state index >= 15 is 0 Å². The molecule has 8 heteroatoms. The maximum atomic E-state index is 12.1. The van der Waals surface area contributed by atoms with E-state index in [9.17, 15) is 4.79 Å². The van der Waals surface area contributed by atoms with Crippen LogP contribution in [0.1, 0.15) is 12.6 Å². The van der Waals surface area contributed by atoms with E-state index in [2.05, 4.69) is 15.6 Å². The summed E-state index contributed by atoms with van der Waals surface area (Å²) in [5.74, 6) is 0.684. The molecule has 0 saturated carbocycles. The van der Waals surface area contributed by atoms with Crippen LogP contribution >= 0.6 is 23.7 Å². The van der Waals surface area contributed by atoms with Crippen molar-refractivity contribution >= 4 is 29.7 Å². The van der Waals surface area contributed by atoms with Gasteiger partial charge in [0, 0.05) is 11.9 Å². The number of nitrogens with zero attached hydrogens (tertiary/aromatic N) is 1. The molecule has 22 heavy (non-hydrogen) atoms. The molecule has 1 fully saturated rings. The van der Waals surface area contributed by atoms with Crippen molar-refractivity contribution in [2.24, 2.45) is 0 Å². The fourth-order valence-electron chi connectivity index (χ4n) is 2.22. The fourth-order valence-corrected chi connectivity index (χ4v) is 3.00. The second kappa shape index (κ2) is 7.73. The lowest BCUT2D eigenvalue weighted by atomic mass is 10.1. The van der Waals surface area contributed by atoms with E-state index in [-0.39, 0.29) is 30.5 Å². The molecular formula is C14H18ClN3O3S. The quantitative estimate of drug-likeness (QED) is 0.885. The third-order valence-electron chi connectivity index (χ3n) is 3.33. The second-order valence-electron chi connectivity index (χ2n) is 4.85. The van der Waals surface area contributed by atoms with Crippen LogP contribution in [0.5, 0.6) is 0 Å². The largest absolute Gasteiger partial charge is 0.462 e. The number of hydrogen-bond acceptors (Lipinski definition) is 6. The normalized spacial score (nSPS) is 21.1. The summed E-state index contributed by atoms with van der Waals surface area (Å²) >= 11 is 1.50. The number of nitrogens with one attached hydrogen (secondary N) is 2. The molecule has 120 valence electrons. The molecule has 0 spiro atoms. The van der Waals surface area contributed by atoms with Gasteiger partial charge in [-0.25, -0.2) is 4.98 Å². The third kappa shape index (κ3) is 3.86. The molecule has 3 rings (SSSR count). The number of halogens is 1. The van der Waals surface area contributed by atoms with E-state index in [1.165, 1.54) is 11.3 Å². The molecule has 0 unspecified atom stereocenters. The van der Waals surface area contributed by atoms with Crippen LogP contribution in [0.25, 0.3) is 10.8 Å². The van der Waals surface area contributed by atoms with Gasteiger partial charge < -0.3 is 19.8 Å². The molecule has 0 aliphatic carbocycles. The molecule has 0 aromatic carbocycles. The minimum atomic E-state index is -0.304. The molecule has 3 heterocycles. The molecule has 2 aromatic heterocycles. The highest BCUT2D eigenvalue weighted by Crippen LogP contribution is 2.23. The summed E-state index contributed by atoms with van der Waals surface area (Å²) in [6, 6.07) is 3.39. The minimum absolute atomic E-state index is 0. The van der Waals surface area contributed by atoms with Crippen molar-refractivity contribution in [1.29, 1.82) is 0 Å². The van der Waals surface area contributed by atoms with Gasteiger partial charge in [0.05, 0.1) is 31.2 Å². The van der Waals surface area contributed by atoms with Crippen molar-refractivity contribution in [3.8, 4) is 10.8 Å². The van der Waals surface area contributed by atoms with Crippen LogP contribution < -0.4 is 10.6 Å². The van der Waals surface area contributed by atoms with Crippen LogP contribution in [0.4, 0.5) is 0 Å². The van der Waals surface area contributed by atoms with Gasteiger partial charge in [-0.15, -0.1) is 23.7 Å². The lowest BCUT2D eigenvalue weighted by Crippen LogP contribution is -2.55. The molecule has 1 aliphatic rings. The Hall–Kier alpha value is -1.41. The van der Waals surface area contributed by atoms with E-state index in [0.717, 1.165) is 16.5 Å². The first kappa shape index (κ1) is 17.0. The number of thiazole rings is 1. The first-order valence-electron chi connectivity index (χ1n) is 6.85. The van der Waals surface area contributed by atoms with Crippen LogP contribution in [0.2, 0.25) is 0 Å². The van der Waals surface area contributed by atoms with Gasteiger partial charge in [0.2, 0.25) is 5.91 Å². The van der Waals surface area contributed by atoms with Gasteiger partial charge in [0.1, 0.15) is 6.04 Å². The number of ether oxygens (including phenoxy) is 1. The molecule has 1 saturated heterocycles. The molecule has 6 nitrogen and oxygen atoms in total. The second-order valence-corrected chi connectivity index (χ2v) is 5.70. The Kier molecular flexibility index (Phi) is 5.96. The van der Waals surface area contributed by atoms with Crippen molar-refractivity contribution in [3.05, 3.63) is 29.5 Å². The Morgan fingerprint density at radius 1 is 1.59 bits per heavy atom. The van der Waals surface area contributed by atoms with Gasteiger partial charge in [0.15, 0.2) is 10.8 Å². The van der Waals surface area contributed by atoms with Gasteiger partial charge in [-0.05, 0) is 19.1 Å². The van der Waals surface area contributed by atoms with Crippen molar-refractivity contribution < 1.29 is 13.9 Å². The maximum Gasteiger partial charge on any atom is 0.240 e. The number of furan rings is 1. The standard InChI is InChI=1S/C14H17N3O3S.ClH/c1-9-12(15-4-6-19-9)13(18)16-7-10-8-21-14(17-10)11-3-2-5-20-11;/h2-3,5,8-9,12,15H,4,6-7H2,1H3,(H,16,18);1H/t9-,12+;/m1./s1. The Morgan fingerprint density at radius 3 is 3.18 bits per heavy atom. The summed E-state index contributed by atoms with van der Waals surface area (Å²) in [5, 5.41) is 8.79. The van der Waals surface area contributed by atoms with Crippen molar-refractivity contribution in [3.63, 3.8) is 0 Å². The molecule has 0 radical (unpaired) electrons. The number of amides is 1. The molecule has 2 atom stereocenters. The highest BCUT2D eigenvalue weighted by molar-refractivity contribution is 7.13. The first-order valence-corrected chi connectivity index (χ1v) is 7.73. The zero-order valence-electron chi connectivity index (χ0n) is 12.1. The number of morpholine rings is 1. The molecule has 1 amide bonds. The lowest BCUT2D eigenvalue weighted by molar-refractivity contribution is -0.129. The van der Waals surface area contributed by atoms with Crippen LogP contribution in [-0.2, 0) is 16.1 Å². The van der Waals surface area contributed by atoms with Gasteiger partial charge >= 0.3 is 0 Å². The molecule has 0 bridgehead atoms. The Bertz CT molecular complexity index is 602. The van der Waals surface area contributed by atoms with E-state index in [0.29, 0.717) is 19.7 Å². The lowest BCUT2D eigenvalue weighted by Gasteiger charge is -2.29. The molecule has 2 N–H and O–H groups in total. The average molecular weight is 344 g/mol. The Morgan fingerprint density at radius 2 is 2.45 bits per heavy atom. The SMILES string of the molecule is C[C@H]1OCCN[C@@H]1C(=O)NCc1csc(-c2ccco2)n1.Cl. The smallest absolute Gasteiger partial charge is 0.240 e. The maximum absolute atomic E-state index is 12.1. The van der Waals surface area contributed by atoms with Gasteiger partial charge in [0.25, 0.3) is 0 Å². The molecule has 2 aromatic rings. The summed E-state index contributed by atoms with van der Waals surface area (Å²) in [6.07, 6.45) is 1.50. The minimum Gasteiger partial charge on any atom is -0.462 e. The summed E-state index contributed by atoms with van der Waals surface area (Å²) in [6.45, 7) is 3.64. The highest BCUT2D eigenvalue weighted by Gasteiger charge is 2.28. The predicted octanol–water partition coefficient (Wildman–Crippen LogP) is 1.82. The molecule has 1 aliphatic heterocycles. The topological polar surface area (TPSA) is 76.4 Å². The van der Waals surface area contributed by atoms with Gasteiger partial charge in [-0.1, -0.05) is 0 Å². The van der Waals surface area contributed by atoms with Crippen molar-refractivity contribution in [2.75, 3.05) is 13.2 Å². The monoisotopic (exact) mass is 343 g/mol. The van der Waals surface area contributed by atoms with E-state index < -0.39 is 0 Å². The van der Waals surface area contributed by atoms with Crippen molar-refractivity contribution in [2.45, 2.75) is 25.6 Å². The van der Waals surface area contributed by atoms with Crippen LogP contribution in [0, 0.1) is 0 Å². The van der Waals surface area contributed by atoms with Gasteiger partial charge in [-0.2, -0.15) is 0 Å². The number of rotatable bonds is 4. The van der Waals surface area contributed by atoms with E-state index in [1.807, 2.05) is 24.4 Å². The summed E-state index contributed by atoms with van der Waals surface area (Å²) in [5.41, 5.74) is 0.823. The highest BCUT2D eigenvalue weighted by atomic mass is 35.5. The van der Waals surface area contributed by atoms with Crippen LogP contribution in [0.3, 0.4) is 0 Å². The number of hydrogen-bond donors (Lipinski definition) is 2.